The number of nitrogens with zero attached hydrogens (tertiary/aromatic N) is 2. The summed E-state index contributed by atoms with van der Waals surface area (Å²) in [6, 6.07) is 0.946. The van der Waals surface area contributed by atoms with Gasteiger partial charge in [-0.25, -0.2) is 0 Å². The van der Waals surface area contributed by atoms with Crippen LogP contribution in [0.5, 0.6) is 0 Å². The second kappa shape index (κ2) is 12.1. The van der Waals surface area contributed by atoms with E-state index >= 15 is 0 Å². The van der Waals surface area contributed by atoms with E-state index in [2.05, 4.69) is 36.3 Å². The van der Waals surface area contributed by atoms with Crippen molar-refractivity contribution in [2.75, 3.05) is 31.9 Å². The molecule has 1 aliphatic heterocycles. The van der Waals surface area contributed by atoms with Crippen molar-refractivity contribution in [1.29, 1.82) is 0 Å². The van der Waals surface area contributed by atoms with Crippen molar-refractivity contribution < 1.29 is 4.21 Å². The standard InChI is InChI=1S/C21H42N4OS/c1-5-22-21(24-18-10-9-11-20(15-18)27(26)6-2)23-16-19(14-17(3)4)25-12-7-8-13-25/h17-20H,5-16H2,1-4H3,(H2,22,23,24). The highest BCUT2D eigenvalue weighted by Gasteiger charge is 2.26. The van der Waals surface area contributed by atoms with Gasteiger partial charge in [-0.05, 0) is 64.5 Å². The van der Waals surface area contributed by atoms with Crippen LogP contribution in [0.3, 0.4) is 0 Å². The average Bonchev–Trinajstić information content (AvgIpc) is 3.19. The molecule has 0 radical (unpaired) electrons. The Morgan fingerprint density at radius 2 is 1.93 bits per heavy atom. The van der Waals surface area contributed by atoms with Crippen LogP contribution < -0.4 is 10.6 Å². The van der Waals surface area contributed by atoms with E-state index < -0.39 is 10.8 Å². The van der Waals surface area contributed by atoms with Crippen molar-refractivity contribution in [2.24, 2.45) is 10.9 Å². The summed E-state index contributed by atoms with van der Waals surface area (Å²) < 4.78 is 12.2. The predicted molar refractivity (Wildman–Crippen MR) is 118 cm³/mol. The zero-order valence-electron chi connectivity index (χ0n) is 18.0. The summed E-state index contributed by atoms with van der Waals surface area (Å²) in [7, 11) is -0.679. The number of nitrogens with one attached hydrogen (secondary N) is 2. The molecule has 0 aromatic heterocycles. The lowest BCUT2D eigenvalue weighted by molar-refractivity contribution is 0.218. The molecule has 1 heterocycles. The highest BCUT2D eigenvalue weighted by atomic mass is 32.2. The van der Waals surface area contributed by atoms with Gasteiger partial charge in [-0.1, -0.05) is 27.2 Å². The van der Waals surface area contributed by atoms with Crippen LogP contribution in [0.4, 0.5) is 0 Å². The smallest absolute Gasteiger partial charge is 0.191 e. The molecule has 2 N–H and O–H groups in total. The van der Waals surface area contributed by atoms with E-state index in [9.17, 15) is 4.21 Å². The maximum Gasteiger partial charge on any atom is 0.191 e. The summed E-state index contributed by atoms with van der Waals surface area (Å²) in [5, 5.41) is 7.43. The first-order valence-corrected chi connectivity index (χ1v) is 12.6. The summed E-state index contributed by atoms with van der Waals surface area (Å²) in [5.41, 5.74) is 0. The molecule has 0 aromatic carbocycles. The molecule has 2 aliphatic rings. The Bertz CT molecular complexity index is 477. The van der Waals surface area contributed by atoms with E-state index in [1.807, 2.05) is 6.92 Å². The highest BCUT2D eigenvalue weighted by molar-refractivity contribution is 7.85. The van der Waals surface area contributed by atoms with Crippen LogP contribution in [0.15, 0.2) is 4.99 Å². The number of guanidine groups is 1. The molecule has 6 heteroatoms. The largest absolute Gasteiger partial charge is 0.357 e. The summed E-state index contributed by atoms with van der Waals surface area (Å²) >= 11 is 0. The molecule has 0 spiro atoms. The van der Waals surface area contributed by atoms with E-state index in [1.165, 1.54) is 32.4 Å². The topological polar surface area (TPSA) is 56.7 Å². The Kier molecular flexibility index (Phi) is 10.1. The molecule has 5 nitrogen and oxygen atoms in total. The maximum atomic E-state index is 12.2. The van der Waals surface area contributed by atoms with Gasteiger partial charge in [0.1, 0.15) is 0 Å². The van der Waals surface area contributed by atoms with Gasteiger partial charge in [0.05, 0.1) is 6.54 Å². The maximum absolute atomic E-state index is 12.2. The Labute approximate surface area is 169 Å². The minimum atomic E-state index is -0.679. The Hall–Kier alpha value is -0.620. The lowest BCUT2D eigenvalue weighted by atomic mass is 9.95. The summed E-state index contributed by atoms with van der Waals surface area (Å²) in [6.07, 6.45) is 8.30. The van der Waals surface area contributed by atoms with E-state index in [0.717, 1.165) is 50.5 Å². The van der Waals surface area contributed by atoms with Crippen LogP contribution in [-0.4, -0.2) is 64.3 Å². The van der Waals surface area contributed by atoms with Crippen molar-refractivity contribution in [3.8, 4) is 0 Å². The SMILES string of the molecule is CCNC(=NCC(CC(C)C)N1CCCC1)NC1CCCC(S(=O)CC)C1. The van der Waals surface area contributed by atoms with Crippen molar-refractivity contribution >= 4 is 16.8 Å². The van der Waals surface area contributed by atoms with Gasteiger partial charge >= 0.3 is 0 Å². The van der Waals surface area contributed by atoms with Crippen molar-refractivity contribution in [1.82, 2.24) is 15.5 Å². The zero-order valence-corrected chi connectivity index (χ0v) is 18.8. The molecule has 4 unspecified atom stereocenters. The summed E-state index contributed by atoms with van der Waals surface area (Å²) in [5.74, 6) is 2.42. The third-order valence-corrected chi connectivity index (χ3v) is 7.57. The summed E-state index contributed by atoms with van der Waals surface area (Å²) in [6.45, 7) is 13.0. The van der Waals surface area contributed by atoms with Gasteiger partial charge in [-0.2, -0.15) is 0 Å². The van der Waals surface area contributed by atoms with Gasteiger partial charge in [0, 0.05) is 40.4 Å². The second-order valence-electron chi connectivity index (χ2n) is 8.55. The highest BCUT2D eigenvalue weighted by Crippen LogP contribution is 2.23. The molecule has 1 saturated carbocycles. The zero-order chi connectivity index (χ0) is 19.6. The number of rotatable bonds is 9. The lowest BCUT2D eigenvalue weighted by Gasteiger charge is -2.31. The van der Waals surface area contributed by atoms with Crippen LogP contribution >= 0.6 is 0 Å². The van der Waals surface area contributed by atoms with Crippen LogP contribution in [0.25, 0.3) is 0 Å². The number of hydrogen-bond donors (Lipinski definition) is 2. The molecule has 0 bridgehead atoms. The number of aliphatic imine (C=N–C) groups is 1. The minimum absolute atomic E-state index is 0.349. The molecule has 1 aliphatic carbocycles. The molecule has 2 rings (SSSR count). The summed E-state index contributed by atoms with van der Waals surface area (Å²) in [4.78, 5) is 7.61. The van der Waals surface area contributed by atoms with Gasteiger partial charge in [-0.15, -0.1) is 0 Å². The van der Waals surface area contributed by atoms with Gasteiger partial charge in [0.25, 0.3) is 0 Å². The predicted octanol–water partition coefficient (Wildman–Crippen LogP) is 3.13. The monoisotopic (exact) mass is 398 g/mol. The third kappa shape index (κ3) is 7.72. The van der Waals surface area contributed by atoms with Crippen molar-refractivity contribution in [3.63, 3.8) is 0 Å². The fourth-order valence-electron chi connectivity index (χ4n) is 4.45. The molecule has 1 saturated heterocycles. The normalized spacial score (nSPS) is 26.9. The van der Waals surface area contributed by atoms with Crippen LogP contribution in [-0.2, 0) is 10.8 Å². The van der Waals surface area contributed by atoms with E-state index in [0.29, 0.717) is 23.3 Å². The van der Waals surface area contributed by atoms with E-state index in [-0.39, 0.29) is 0 Å². The first-order chi connectivity index (χ1) is 13.0. The Morgan fingerprint density at radius 1 is 1.19 bits per heavy atom. The van der Waals surface area contributed by atoms with Gasteiger partial charge in [-0.3, -0.25) is 14.1 Å². The van der Waals surface area contributed by atoms with Crippen molar-refractivity contribution in [3.05, 3.63) is 0 Å². The van der Waals surface area contributed by atoms with Crippen molar-refractivity contribution in [2.45, 2.75) is 90.0 Å². The first-order valence-electron chi connectivity index (χ1n) is 11.2. The molecule has 0 aromatic rings. The number of likely N-dealkylation sites (tertiary alicyclic amines) is 1. The van der Waals surface area contributed by atoms with Crippen LogP contribution in [0, 0.1) is 5.92 Å². The molecule has 0 amide bonds. The van der Waals surface area contributed by atoms with Crippen LogP contribution in [0.1, 0.15) is 72.6 Å². The van der Waals surface area contributed by atoms with E-state index in [1.54, 1.807) is 0 Å². The minimum Gasteiger partial charge on any atom is -0.357 e. The molecule has 27 heavy (non-hydrogen) atoms. The Morgan fingerprint density at radius 3 is 2.56 bits per heavy atom. The Balaban J connectivity index is 1.96. The third-order valence-electron chi connectivity index (χ3n) is 5.83. The van der Waals surface area contributed by atoms with Crippen LogP contribution in [0.2, 0.25) is 0 Å². The fourth-order valence-corrected chi connectivity index (χ4v) is 5.80. The quantitative estimate of drug-likeness (QED) is 0.463. The van der Waals surface area contributed by atoms with E-state index in [4.69, 9.17) is 4.99 Å². The van der Waals surface area contributed by atoms with Gasteiger partial charge in [0.15, 0.2) is 5.96 Å². The average molecular weight is 399 g/mol. The molecule has 4 atom stereocenters. The molecular weight excluding hydrogens is 356 g/mol. The first kappa shape index (κ1) is 22.7. The molecule has 158 valence electrons. The fraction of sp³-hybridized carbons (Fsp3) is 0.952. The number of hydrogen-bond acceptors (Lipinski definition) is 3. The lowest BCUT2D eigenvalue weighted by Crippen LogP contribution is -2.47. The van der Waals surface area contributed by atoms with Gasteiger partial charge in [0.2, 0.25) is 0 Å². The second-order valence-corrected chi connectivity index (χ2v) is 10.6. The molecule has 2 fully saturated rings. The molecular formula is C21H42N4OS. The van der Waals surface area contributed by atoms with Gasteiger partial charge < -0.3 is 10.6 Å².